The Kier molecular flexibility index (Phi) is 5.69. The van der Waals surface area contributed by atoms with Crippen LogP contribution >= 0.6 is 23.2 Å². The van der Waals surface area contributed by atoms with Crippen LogP contribution in [0.25, 0.3) is 0 Å². The molecule has 2 atom stereocenters. The van der Waals surface area contributed by atoms with Gasteiger partial charge < -0.3 is 10.1 Å². The second kappa shape index (κ2) is 7.52. The van der Waals surface area contributed by atoms with E-state index in [4.69, 9.17) is 27.9 Å². The van der Waals surface area contributed by atoms with Crippen LogP contribution in [0.2, 0.25) is 10.0 Å². The monoisotopic (exact) mass is 337 g/mol. The molecule has 0 radical (unpaired) electrons. The number of hydrogen-bond acceptors (Lipinski definition) is 2. The Balaban J connectivity index is 1.98. The van der Waals surface area contributed by atoms with E-state index in [1.54, 1.807) is 25.1 Å². The van der Waals surface area contributed by atoms with Crippen LogP contribution in [0.4, 0.5) is 0 Å². The molecule has 0 heterocycles. The Bertz CT molecular complexity index is 646. The number of rotatable bonds is 5. The number of carbonyl (C=O) groups excluding carboxylic acids is 1. The van der Waals surface area contributed by atoms with Gasteiger partial charge in [-0.2, -0.15) is 0 Å². The highest BCUT2D eigenvalue weighted by Crippen LogP contribution is 2.26. The van der Waals surface area contributed by atoms with Gasteiger partial charge in [-0.3, -0.25) is 4.79 Å². The average Bonchev–Trinajstić information content (AvgIpc) is 2.47. The SMILES string of the molecule is C[C@@H](Oc1ccccc1)C(=O)N[C@H](C)c1ccc(Cl)cc1Cl. The van der Waals surface area contributed by atoms with Crippen molar-refractivity contribution in [1.29, 1.82) is 0 Å². The Morgan fingerprint density at radius 3 is 2.41 bits per heavy atom. The van der Waals surface area contributed by atoms with Crippen molar-refractivity contribution in [3.05, 3.63) is 64.1 Å². The van der Waals surface area contributed by atoms with E-state index in [1.165, 1.54) is 0 Å². The molecule has 0 bridgehead atoms. The fourth-order valence-corrected chi connectivity index (χ4v) is 2.59. The maximum absolute atomic E-state index is 12.2. The lowest BCUT2D eigenvalue weighted by Gasteiger charge is -2.20. The van der Waals surface area contributed by atoms with Gasteiger partial charge in [0.1, 0.15) is 5.75 Å². The first-order valence-electron chi connectivity index (χ1n) is 6.94. The van der Waals surface area contributed by atoms with Gasteiger partial charge in [0.05, 0.1) is 6.04 Å². The number of halogens is 2. The van der Waals surface area contributed by atoms with Crippen LogP contribution in [-0.2, 0) is 4.79 Å². The summed E-state index contributed by atoms with van der Waals surface area (Å²) in [5.74, 6) is 0.449. The summed E-state index contributed by atoms with van der Waals surface area (Å²) in [5.41, 5.74) is 0.811. The third-order valence-electron chi connectivity index (χ3n) is 3.21. The van der Waals surface area contributed by atoms with Gasteiger partial charge in [-0.15, -0.1) is 0 Å². The van der Waals surface area contributed by atoms with Crippen molar-refractivity contribution in [2.75, 3.05) is 0 Å². The molecule has 1 N–H and O–H groups in total. The third kappa shape index (κ3) is 4.39. The molecular formula is C17H17Cl2NO2. The van der Waals surface area contributed by atoms with Crippen LogP contribution in [-0.4, -0.2) is 12.0 Å². The van der Waals surface area contributed by atoms with Gasteiger partial charge in [-0.05, 0) is 43.7 Å². The molecule has 2 aromatic carbocycles. The summed E-state index contributed by atoms with van der Waals surface area (Å²) in [6.45, 7) is 3.57. The Morgan fingerprint density at radius 2 is 1.77 bits per heavy atom. The van der Waals surface area contributed by atoms with E-state index in [1.807, 2.05) is 37.3 Å². The van der Waals surface area contributed by atoms with Gasteiger partial charge in [-0.1, -0.05) is 47.5 Å². The smallest absolute Gasteiger partial charge is 0.261 e. The van der Waals surface area contributed by atoms with Gasteiger partial charge in [0, 0.05) is 10.0 Å². The molecule has 0 saturated carbocycles. The quantitative estimate of drug-likeness (QED) is 0.863. The zero-order valence-electron chi connectivity index (χ0n) is 12.3. The lowest BCUT2D eigenvalue weighted by atomic mass is 10.1. The van der Waals surface area contributed by atoms with E-state index in [0.29, 0.717) is 15.8 Å². The van der Waals surface area contributed by atoms with Crippen LogP contribution in [0.5, 0.6) is 5.75 Å². The highest BCUT2D eigenvalue weighted by atomic mass is 35.5. The molecule has 0 aliphatic heterocycles. The molecule has 3 nitrogen and oxygen atoms in total. The summed E-state index contributed by atoms with van der Waals surface area (Å²) in [6, 6.07) is 14.2. The maximum Gasteiger partial charge on any atom is 0.261 e. The molecule has 2 aromatic rings. The molecule has 22 heavy (non-hydrogen) atoms. The first-order chi connectivity index (χ1) is 10.5. The topological polar surface area (TPSA) is 38.3 Å². The zero-order valence-corrected chi connectivity index (χ0v) is 13.9. The summed E-state index contributed by atoms with van der Waals surface area (Å²) in [4.78, 5) is 12.2. The molecule has 0 unspecified atom stereocenters. The van der Waals surface area contributed by atoms with Crippen molar-refractivity contribution in [2.24, 2.45) is 0 Å². The van der Waals surface area contributed by atoms with E-state index in [-0.39, 0.29) is 11.9 Å². The van der Waals surface area contributed by atoms with Crippen LogP contribution < -0.4 is 10.1 Å². The van der Waals surface area contributed by atoms with Crippen molar-refractivity contribution in [3.8, 4) is 5.75 Å². The van der Waals surface area contributed by atoms with Crippen LogP contribution in [0.1, 0.15) is 25.5 Å². The summed E-state index contributed by atoms with van der Waals surface area (Å²) in [7, 11) is 0. The minimum Gasteiger partial charge on any atom is -0.481 e. The van der Waals surface area contributed by atoms with E-state index in [9.17, 15) is 4.79 Å². The van der Waals surface area contributed by atoms with E-state index in [2.05, 4.69) is 5.32 Å². The number of hydrogen-bond donors (Lipinski definition) is 1. The van der Waals surface area contributed by atoms with Gasteiger partial charge in [0.2, 0.25) is 0 Å². The largest absolute Gasteiger partial charge is 0.481 e. The summed E-state index contributed by atoms with van der Waals surface area (Å²) in [5, 5.41) is 3.97. The normalized spacial score (nSPS) is 13.3. The number of benzene rings is 2. The average molecular weight is 338 g/mol. The van der Waals surface area contributed by atoms with Crippen molar-refractivity contribution < 1.29 is 9.53 Å². The lowest BCUT2D eigenvalue weighted by Crippen LogP contribution is -2.37. The highest BCUT2D eigenvalue weighted by molar-refractivity contribution is 6.35. The standard InChI is InChI=1S/C17H17Cl2NO2/c1-11(15-9-8-13(18)10-16(15)19)20-17(21)12(2)22-14-6-4-3-5-7-14/h3-12H,1-2H3,(H,20,21)/t11-,12-/m1/s1. The Morgan fingerprint density at radius 1 is 1.09 bits per heavy atom. The zero-order chi connectivity index (χ0) is 16.1. The van der Waals surface area contributed by atoms with E-state index < -0.39 is 6.10 Å². The summed E-state index contributed by atoms with van der Waals surface area (Å²) in [6.07, 6.45) is -0.601. The first kappa shape index (κ1) is 16.7. The van der Waals surface area contributed by atoms with E-state index in [0.717, 1.165) is 5.56 Å². The fraction of sp³-hybridized carbons (Fsp3) is 0.235. The molecule has 0 aliphatic rings. The number of para-hydroxylation sites is 1. The third-order valence-corrected chi connectivity index (χ3v) is 3.78. The number of carbonyl (C=O) groups is 1. The molecule has 116 valence electrons. The molecule has 0 fully saturated rings. The van der Waals surface area contributed by atoms with Crippen molar-refractivity contribution in [1.82, 2.24) is 5.32 Å². The summed E-state index contributed by atoms with van der Waals surface area (Å²) < 4.78 is 5.60. The Hall–Kier alpha value is -1.71. The van der Waals surface area contributed by atoms with Gasteiger partial charge in [0.25, 0.3) is 5.91 Å². The van der Waals surface area contributed by atoms with Crippen molar-refractivity contribution in [2.45, 2.75) is 26.0 Å². The maximum atomic E-state index is 12.2. The molecule has 0 aliphatic carbocycles. The molecule has 2 rings (SSSR count). The van der Waals surface area contributed by atoms with Gasteiger partial charge in [0.15, 0.2) is 6.10 Å². The van der Waals surface area contributed by atoms with Gasteiger partial charge in [-0.25, -0.2) is 0 Å². The minimum absolute atomic E-state index is 0.206. The van der Waals surface area contributed by atoms with Crippen molar-refractivity contribution >= 4 is 29.1 Å². The number of nitrogens with one attached hydrogen (secondary N) is 1. The fourth-order valence-electron chi connectivity index (χ4n) is 2.02. The molecular weight excluding hydrogens is 321 g/mol. The molecule has 0 spiro atoms. The highest BCUT2D eigenvalue weighted by Gasteiger charge is 2.19. The minimum atomic E-state index is -0.601. The predicted molar refractivity (Wildman–Crippen MR) is 89.6 cm³/mol. The van der Waals surface area contributed by atoms with Crippen molar-refractivity contribution in [3.63, 3.8) is 0 Å². The second-order valence-corrected chi connectivity index (χ2v) is 5.81. The van der Waals surface area contributed by atoms with Crippen LogP contribution in [0.3, 0.4) is 0 Å². The lowest BCUT2D eigenvalue weighted by molar-refractivity contribution is -0.127. The number of amides is 1. The van der Waals surface area contributed by atoms with E-state index >= 15 is 0 Å². The van der Waals surface area contributed by atoms with Crippen LogP contribution in [0, 0.1) is 0 Å². The molecule has 0 saturated heterocycles. The molecule has 1 amide bonds. The molecule has 5 heteroatoms. The Labute approximate surface area is 140 Å². The van der Waals surface area contributed by atoms with Crippen LogP contribution in [0.15, 0.2) is 48.5 Å². The summed E-state index contributed by atoms with van der Waals surface area (Å²) >= 11 is 12.0. The molecule has 0 aromatic heterocycles. The van der Waals surface area contributed by atoms with Gasteiger partial charge >= 0.3 is 0 Å². The second-order valence-electron chi connectivity index (χ2n) is 4.97. The number of ether oxygens (including phenoxy) is 1. The first-order valence-corrected chi connectivity index (χ1v) is 7.70. The predicted octanol–water partition coefficient (Wildman–Crippen LogP) is 4.64.